The molecule has 142 valence electrons. The first-order chi connectivity index (χ1) is 13.1. The fourth-order valence-electron chi connectivity index (χ4n) is 2.41. The number of nitrogens with zero attached hydrogens (tertiary/aromatic N) is 3. The molecule has 7 heteroatoms. The van der Waals surface area contributed by atoms with E-state index in [-0.39, 0.29) is 18.0 Å². The Morgan fingerprint density at radius 2 is 2.00 bits per heavy atom. The van der Waals surface area contributed by atoms with Crippen molar-refractivity contribution in [1.29, 1.82) is 0 Å². The summed E-state index contributed by atoms with van der Waals surface area (Å²) in [6.07, 6.45) is 2.00. The molecule has 0 unspecified atom stereocenters. The van der Waals surface area contributed by atoms with Gasteiger partial charge in [-0.1, -0.05) is 19.4 Å². The largest absolute Gasteiger partial charge is 0.494 e. The first-order valence-corrected chi connectivity index (χ1v) is 9.91. The molecular formula is C20H23N3O3S. The highest BCUT2D eigenvalue weighted by Crippen LogP contribution is 2.26. The highest BCUT2D eigenvalue weighted by Gasteiger charge is 2.21. The second-order valence-electron chi connectivity index (χ2n) is 6.31. The summed E-state index contributed by atoms with van der Waals surface area (Å²) in [5, 5.41) is 6.21. The molecule has 0 saturated carbocycles. The monoisotopic (exact) mass is 385 g/mol. The van der Waals surface area contributed by atoms with E-state index in [2.05, 4.69) is 17.0 Å². The van der Waals surface area contributed by atoms with Gasteiger partial charge in [0.15, 0.2) is 5.82 Å². The van der Waals surface area contributed by atoms with Crippen molar-refractivity contribution >= 4 is 17.2 Å². The van der Waals surface area contributed by atoms with E-state index in [1.807, 2.05) is 31.4 Å². The van der Waals surface area contributed by atoms with Crippen LogP contribution in [0, 0.1) is 0 Å². The summed E-state index contributed by atoms with van der Waals surface area (Å²) in [6.45, 7) is 6.58. The minimum atomic E-state index is -0.260. The van der Waals surface area contributed by atoms with Crippen LogP contribution in [-0.4, -0.2) is 33.4 Å². The molecule has 2 aromatic heterocycles. The molecule has 0 aliphatic rings. The average Bonchev–Trinajstić information content (AvgIpc) is 3.31. The van der Waals surface area contributed by atoms with Gasteiger partial charge in [-0.3, -0.25) is 4.79 Å². The zero-order valence-corrected chi connectivity index (χ0v) is 16.5. The van der Waals surface area contributed by atoms with Gasteiger partial charge in [-0.2, -0.15) is 9.67 Å². The number of rotatable bonds is 8. The number of thiophene rings is 1. The predicted molar refractivity (Wildman–Crippen MR) is 106 cm³/mol. The molecular weight excluding hydrogens is 362 g/mol. The second-order valence-corrected chi connectivity index (χ2v) is 7.25. The minimum absolute atomic E-state index is 0.0771. The van der Waals surface area contributed by atoms with Crippen molar-refractivity contribution in [3.63, 3.8) is 0 Å². The summed E-state index contributed by atoms with van der Waals surface area (Å²) >= 11 is 1.50. The molecule has 0 N–H and O–H groups in total. The maximum atomic E-state index is 13.0. The van der Waals surface area contributed by atoms with Crippen molar-refractivity contribution in [2.24, 2.45) is 0 Å². The van der Waals surface area contributed by atoms with Crippen LogP contribution in [0.1, 0.15) is 44.0 Å². The van der Waals surface area contributed by atoms with Gasteiger partial charge in [0.05, 0.1) is 17.6 Å². The van der Waals surface area contributed by atoms with Crippen LogP contribution in [0.4, 0.5) is 0 Å². The standard InChI is InChI=1S/C20H23N3O3S/c1-4-5-12-25-16-10-8-15(9-11-16)19(24)23-18(17-7-6-13-27-17)21-20(22-23)26-14(2)3/h6-11,13-14H,4-5,12H2,1-3H3. The first-order valence-electron chi connectivity index (χ1n) is 9.03. The molecule has 0 radical (unpaired) electrons. The van der Waals surface area contributed by atoms with Crippen molar-refractivity contribution in [1.82, 2.24) is 14.8 Å². The van der Waals surface area contributed by atoms with E-state index in [1.165, 1.54) is 16.0 Å². The molecule has 3 aromatic rings. The summed E-state index contributed by atoms with van der Waals surface area (Å²) < 4.78 is 12.5. The maximum Gasteiger partial charge on any atom is 0.336 e. The molecule has 0 fully saturated rings. The highest BCUT2D eigenvalue weighted by molar-refractivity contribution is 7.13. The molecule has 0 saturated heterocycles. The van der Waals surface area contributed by atoms with Crippen molar-refractivity contribution in [3.8, 4) is 22.5 Å². The number of ether oxygens (including phenoxy) is 2. The van der Waals surface area contributed by atoms with Gasteiger partial charge in [-0.25, -0.2) is 0 Å². The summed E-state index contributed by atoms with van der Waals surface area (Å²) in [5.41, 5.74) is 0.511. The van der Waals surface area contributed by atoms with Crippen molar-refractivity contribution in [3.05, 3.63) is 47.3 Å². The summed E-state index contributed by atoms with van der Waals surface area (Å²) in [5.74, 6) is 0.972. The zero-order valence-electron chi connectivity index (χ0n) is 15.7. The second kappa shape index (κ2) is 8.81. The number of hydrogen-bond donors (Lipinski definition) is 0. The lowest BCUT2D eigenvalue weighted by molar-refractivity contribution is 0.0943. The molecule has 0 aliphatic heterocycles. The molecule has 0 spiro atoms. The molecule has 3 rings (SSSR count). The topological polar surface area (TPSA) is 66.2 Å². The van der Waals surface area contributed by atoms with Crippen LogP contribution in [0.15, 0.2) is 41.8 Å². The molecule has 27 heavy (non-hydrogen) atoms. The number of unbranched alkanes of at least 4 members (excludes halogenated alkanes) is 1. The number of benzene rings is 1. The number of carbonyl (C=O) groups excluding carboxylic acids is 1. The molecule has 0 aliphatic carbocycles. The van der Waals surface area contributed by atoms with Crippen LogP contribution in [0.5, 0.6) is 11.8 Å². The Hall–Kier alpha value is -2.67. The third kappa shape index (κ3) is 4.74. The van der Waals surface area contributed by atoms with Gasteiger partial charge in [-0.05, 0) is 56.0 Å². The Morgan fingerprint density at radius 3 is 2.63 bits per heavy atom. The zero-order chi connectivity index (χ0) is 19.2. The predicted octanol–water partition coefficient (Wildman–Crippen LogP) is 4.66. The lowest BCUT2D eigenvalue weighted by atomic mass is 10.2. The van der Waals surface area contributed by atoms with Gasteiger partial charge < -0.3 is 9.47 Å². The van der Waals surface area contributed by atoms with E-state index in [4.69, 9.17) is 9.47 Å². The molecule has 0 amide bonds. The molecule has 6 nitrogen and oxygen atoms in total. The van der Waals surface area contributed by atoms with Crippen LogP contribution >= 0.6 is 11.3 Å². The van der Waals surface area contributed by atoms with Gasteiger partial charge >= 0.3 is 6.01 Å². The Labute approximate surface area is 162 Å². The van der Waals surface area contributed by atoms with Gasteiger partial charge in [0.25, 0.3) is 5.91 Å². The lowest BCUT2D eigenvalue weighted by Gasteiger charge is -2.07. The highest BCUT2D eigenvalue weighted by atomic mass is 32.1. The SMILES string of the molecule is CCCCOc1ccc(C(=O)n2nc(OC(C)C)nc2-c2cccs2)cc1. The van der Waals surface area contributed by atoms with Gasteiger partial charge in [0.1, 0.15) is 5.75 Å². The number of hydrogen-bond acceptors (Lipinski definition) is 6. The van der Waals surface area contributed by atoms with Gasteiger partial charge in [-0.15, -0.1) is 16.4 Å². The smallest absolute Gasteiger partial charge is 0.336 e. The molecule has 0 atom stereocenters. The summed E-state index contributed by atoms with van der Waals surface area (Å²) in [6, 6.07) is 11.1. The lowest BCUT2D eigenvalue weighted by Crippen LogP contribution is -2.15. The van der Waals surface area contributed by atoms with Crippen LogP contribution in [0.25, 0.3) is 10.7 Å². The van der Waals surface area contributed by atoms with Crippen LogP contribution in [0.2, 0.25) is 0 Å². The van der Waals surface area contributed by atoms with E-state index < -0.39 is 0 Å². The van der Waals surface area contributed by atoms with Crippen molar-refractivity contribution in [2.45, 2.75) is 39.7 Å². The normalized spacial score (nSPS) is 11.0. The van der Waals surface area contributed by atoms with Crippen LogP contribution < -0.4 is 9.47 Å². The Kier molecular flexibility index (Phi) is 6.24. The van der Waals surface area contributed by atoms with Gasteiger partial charge in [0, 0.05) is 5.56 Å². The van der Waals surface area contributed by atoms with Crippen LogP contribution in [-0.2, 0) is 0 Å². The summed E-state index contributed by atoms with van der Waals surface area (Å²) in [4.78, 5) is 18.3. The maximum absolute atomic E-state index is 13.0. The van der Waals surface area contributed by atoms with Crippen molar-refractivity contribution in [2.75, 3.05) is 6.61 Å². The van der Waals surface area contributed by atoms with E-state index in [9.17, 15) is 4.79 Å². The van der Waals surface area contributed by atoms with E-state index >= 15 is 0 Å². The average molecular weight is 385 g/mol. The quantitative estimate of drug-likeness (QED) is 0.528. The molecule has 0 bridgehead atoms. The third-order valence-corrected chi connectivity index (χ3v) is 4.60. The van der Waals surface area contributed by atoms with E-state index in [0.717, 1.165) is 23.5 Å². The van der Waals surface area contributed by atoms with Crippen LogP contribution in [0.3, 0.4) is 0 Å². The van der Waals surface area contributed by atoms with E-state index in [1.54, 1.807) is 24.3 Å². The Bertz CT molecular complexity index is 871. The Morgan fingerprint density at radius 1 is 1.22 bits per heavy atom. The Balaban J connectivity index is 1.86. The van der Waals surface area contributed by atoms with Gasteiger partial charge in [0.2, 0.25) is 0 Å². The fraction of sp³-hybridized carbons (Fsp3) is 0.350. The summed E-state index contributed by atoms with van der Waals surface area (Å²) in [7, 11) is 0. The number of aromatic nitrogens is 3. The first kappa shape index (κ1) is 19.1. The van der Waals surface area contributed by atoms with Crippen molar-refractivity contribution < 1.29 is 14.3 Å². The molecule has 1 aromatic carbocycles. The van der Waals surface area contributed by atoms with E-state index in [0.29, 0.717) is 18.0 Å². The molecule has 2 heterocycles. The number of carbonyl (C=O) groups is 1. The third-order valence-electron chi connectivity index (χ3n) is 3.73. The fourth-order valence-corrected chi connectivity index (χ4v) is 3.11. The minimum Gasteiger partial charge on any atom is -0.494 e.